The number of thiophene rings is 1. The number of anilines is 1. The Morgan fingerprint density at radius 2 is 2.20 bits per heavy atom. The average molecular weight is 218 g/mol. The lowest BCUT2D eigenvalue weighted by Crippen LogP contribution is -2.04. The summed E-state index contributed by atoms with van der Waals surface area (Å²) in [6.07, 6.45) is 3.63. The van der Waals surface area contributed by atoms with Crippen LogP contribution in [0.2, 0.25) is 0 Å². The molecule has 0 radical (unpaired) electrons. The van der Waals surface area contributed by atoms with Crippen LogP contribution >= 0.6 is 11.3 Å². The van der Waals surface area contributed by atoms with Crippen LogP contribution in [0, 0.1) is 6.92 Å². The maximum absolute atomic E-state index is 4.08. The van der Waals surface area contributed by atoms with E-state index in [-0.39, 0.29) is 0 Å². The molecule has 0 aliphatic carbocycles. The first kappa shape index (κ1) is 10.2. The van der Waals surface area contributed by atoms with Gasteiger partial charge in [-0.1, -0.05) is 0 Å². The Balaban J connectivity index is 2.07. The van der Waals surface area contributed by atoms with Crippen molar-refractivity contribution in [1.82, 2.24) is 4.98 Å². The van der Waals surface area contributed by atoms with Gasteiger partial charge in [0, 0.05) is 22.1 Å². The van der Waals surface area contributed by atoms with Crippen molar-refractivity contribution in [2.24, 2.45) is 0 Å². The summed E-state index contributed by atoms with van der Waals surface area (Å²) in [5.41, 5.74) is 1.07. The maximum Gasteiger partial charge on any atom is 0.0579 e. The van der Waals surface area contributed by atoms with Gasteiger partial charge in [0.2, 0.25) is 0 Å². The van der Waals surface area contributed by atoms with Crippen LogP contribution < -0.4 is 5.32 Å². The second kappa shape index (κ2) is 4.45. The molecule has 0 fully saturated rings. The quantitative estimate of drug-likeness (QED) is 0.851. The molecule has 0 amide bonds. The van der Waals surface area contributed by atoms with E-state index in [4.69, 9.17) is 0 Å². The number of nitrogens with zero attached hydrogens (tertiary/aromatic N) is 1. The number of hydrogen-bond donors (Lipinski definition) is 1. The molecule has 2 aromatic rings. The normalized spacial score (nSPS) is 12.4. The van der Waals surface area contributed by atoms with Gasteiger partial charge in [0.1, 0.15) is 0 Å². The van der Waals surface area contributed by atoms with Crippen molar-refractivity contribution in [3.63, 3.8) is 0 Å². The molecular formula is C12H14N2S. The standard InChI is InChI=1S/C12H14N2S/c1-9-5-6-12(15-9)10(2)14-11-4-3-7-13-8-11/h3-8,10,14H,1-2H3. The fourth-order valence-electron chi connectivity index (χ4n) is 1.46. The van der Waals surface area contributed by atoms with E-state index in [2.05, 4.69) is 36.3 Å². The summed E-state index contributed by atoms with van der Waals surface area (Å²) in [5.74, 6) is 0. The van der Waals surface area contributed by atoms with E-state index in [1.807, 2.05) is 29.7 Å². The van der Waals surface area contributed by atoms with Gasteiger partial charge in [-0.05, 0) is 38.1 Å². The Morgan fingerprint density at radius 3 is 2.80 bits per heavy atom. The van der Waals surface area contributed by atoms with Gasteiger partial charge >= 0.3 is 0 Å². The predicted molar refractivity (Wildman–Crippen MR) is 65.3 cm³/mol. The molecule has 1 atom stereocenters. The summed E-state index contributed by atoms with van der Waals surface area (Å²) in [6.45, 7) is 4.29. The molecule has 2 heterocycles. The summed E-state index contributed by atoms with van der Waals surface area (Å²) in [7, 11) is 0. The van der Waals surface area contributed by atoms with Gasteiger partial charge in [0.05, 0.1) is 11.7 Å². The van der Waals surface area contributed by atoms with E-state index in [1.165, 1.54) is 9.75 Å². The minimum Gasteiger partial charge on any atom is -0.376 e. The van der Waals surface area contributed by atoms with Gasteiger partial charge in [-0.15, -0.1) is 11.3 Å². The molecule has 15 heavy (non-hydrogen) atoms. The van der Waals surface area contributed by atoms with Gasteiger partial charge in [0.15, 0.2) is 0 Å². The average Bonchev–Trinajstić information content (AvgIpc) is 2.66. The van der Waals surface area contributed by atoms with Gasteiger partial charge < -0.3 is 5.32 Å². The second-order valence-corrected chi connectivity index (χ2v) is 4.88. The van der Waals surface area contributed by atoms with Crippen LogP contribution in [-0.4, -0.2) is 4.98 Å². The van der Waals surface area contributed by atoms with Gasteiger partial charge in [-0.2, -0.15) is 0 Å². The first-order valence-electron chi connectivity index (χ1n) is 4.98. The van der Waals surface area contributed by atoms with Crippen LogP contribution in [0.5, 0.6) is 0 Å². The van der Waals surface area contributed by atoms with Crippen LogP contribution in [0.1, 0.15) is 22.7 Å². The zero-order chi connectivity index (χ0) is 10.7. The van der Waals surface area contributed by atoms with Gasteiger partial charge in [-0.3, -0.25) is 4.98 Å². The lowest BCUT2D eigenvalue weighted by molar-refractivity contribution is 0.906. The monoisotopic (exact) mass is 218 g/mol. The maximum atomic E-state index is 4.08. The molecule has 1 unspecified atom stereocenters. The van der Waals surface area contributed by atoms with Crippen molar-refractivity contribution >= 4 is 17.0 Å². The molecule has 0 spiro atoms. The highest BCUT2D eigenvalue weighted by Gasteiger charge is 2.06. The third kappa shape index (κ3) is 2.57. The molecule has 78 valence electrons. The van der Waals surface area contributed by atoms with Crippen LogP contribution in [0.4, 0.5) is 5.69 Å². The largest absolute Gasteiger partial charge is 0.376 e. The highest BCUT2D eigenvalue weighted by molar-refractivity contribution is 7.12. The van der Waals surface area contributed by atoms with Crippen molar-refractivity contribution in [2.75, 3.05) is 5.32 Å². The Bertz CT molecular complexity index is 422. The summed E-state index contributed by atoms with van der Waals surface area (Å²) in [4.78, 5) is 6.79. The zero-order valence-corrected chi connectivity index (χ0v) is 9.71. The minimum atomic E-state index is 0.341. The highest BCUT2D eigenvalue weighted by atomic mass is 32.1. The molecule has 2 aromatic heterocycles. The summed E-state index contributed by atoms with van der Waals surface area (Å²) < 4.78 is 0. The fourth-order valence-corrected chi connectivity index (χ4v) is 2.34. The molecule has 0 aromatic carbocycles. The molecule has 0 saturated heterocycles. The smallest absolute Gasteiger partial charge is 0.0579 e. The fraction of sp³-hybridized carbons (Fsp3) is 0.250. The summed E-state index contributed by atoms with van der Waals surface area (Å²) in [6, 6.07) is 8.64. The molecular weight excluding hydrogens is 204 g/mol. The number of hydrogen-bond acceptors (Lipinski definition) is 3. The van der Waals surface area contributed by atoms with Crippen molar-refractivity contribution < 1.29 is 0 Å². The summed E-state index contributed by atoms with van der Waals surface area (Å²) in [5, 5.41) is 3.42. The SMILES string of the molecule is Cc1ccc(C(C)Nc2cccnc2)s1. The molecule has 0 aliphatic rings. The molecule has 0 bridgehead atoms. The third-order valence-electron chi connectivity index (χ3n) is 2.23. The molecule has 2 nitrogen and oxygen atoms in total. The Morgan fingerprint density at radius 1 is 1.33 bits per heavy atom. The van der Waals surface area contributed by atoms with Crippen molar-refractivity contribution in [3.05, 3.63) is 46.4 Å². The Hall–Kier alpha value is -1.35. The predicted octanol–water partition coefficient (Wildman–Crippen LogP) is 3.62. The highest BCUT2D eigenvalue weighted by Crippen LogP contribution is 2.25. The van der Waals surface area contributed by atoms with Crippen LogP contribution in [0.25, 0.3) is 0 Å². The molecule has 1 N–H and O–H groups in total. The van der Waals surface area contributed by atoms with Crippen molar-refractivity contribution in [3.8, 4) is 0 Å². The topological polar surface area (TPSA) is 24.9 Å². The van der Waals surface area contributed by atoms with Crippen molar-refractivity contribution in [1.29, 1.82) is 0 Å². The first-order valence-corrected chi connectivity index (χ1v) is 5.80. The molecule has 3 heteroatoms. The van der Waals surface area contributed by atoms with E-state index in [0.29, 0.717) is 6.04 Å². The number of nitrogens with one attached hydrogen (secondary N) is 1. The van der Waals surface area contributed by atoms with E-state index in [9.17, 15) is 0 Å². The second-order valence-electron chi connectivity index (χ2n) is 3.56. The van der Waals surface area contributed by atoms with E-state index >= 15 is 0 Å². The van der Waals surface area contributed by atoms with Crippen LogP contribution in [-0.2, 0) is 0 Å². The summed E-state index contributed by atoms with van der Waals surface area (Å²) >= 11 is 1.83. The third-order valence-corrected chi connectivity index (χ3v) is 3.42. The molecule has 2 rings (SSSR count). The number of pyridine rings is 1. The number of rotatable bonds is 3. The molecule has 0 saturated carbocycles. The van der Waals surface area contributed by atoms with Gasteiger partial charge in [-0.25, -0.2) is 0 Å². The first-order chi connectivity index (χ1) is 7.25. The lowest BCUT2D eigenvalue weighted by atomic mass is 10.2. The minimum absolute atomic E-state index is 0.341. The number of aryl methyl sites for hydroxylation is 1. The van der Waals surface area contributed by atoms with E-state index < -0.39 is 0 Å². The Kier molecular flexibility index (Phi) is 3.02. The van der Waals surface area contributed by atoms with Crippen LogP contribution in [0.3, 0.4) is 0 Å². The van der Waals surface area contributed by atoms with E-state index in [0.717, 1.165) is 5.69 Å². The molecule has 0 aliphatic heterocycles. The number of aromatic nitrogens is 1. The Labute approximate surface area is 94.0 Å². The van der Waals surface area contributed by atoms with Crippen molar-refractivity contribution in [2.45, 2.75) is 19.9 Å². The van der Waals surface area contributed by atoms with Crippen LogP contribution in [0.15, 0.2) is 36.7 Å². The van der Waals surface area contributed by atoms with E-state index in [1.54, 1.807) is 6.20 Å². The lowest BCUT2D eigenvalue weighted by Gasteiger charge is -2.12. The van der Waals surface area contributed by atoms with Gasteiger partial charge in [0.25, 0.3) is 0 Å². The zero-order valence-electron chi connectivity index (χ0n) is 8.90.